The molecule has 2 saturated carbocycles. The summed E-state index contributed by atoms with van der Waals surface area (Å²) in [5.74, 6) is 2.81. The molecule has 0 saturated heterocycles. The van der Waals surface area contributed by atoms with E-state index < -0.39 is 0 Å². The lowest BCUT2D eigenvalue weighted by Crippen LogP contribution is -2.28. The van der Waals surface area contributed by atoms with Crippen LogP contribution in [0.1, 0.15) is 81.4 Å². The van der Waals surface area contributed by atoms with E-state index in [0.29, 0.717) is 23.6 Å². The Balaban J connectivity index is 1.31. The summed E-state index contributed by atoms with van der Waals surface area (Å²) in [4.78, 5) is 12.5. The highest BCUT2D eigenvalue weighted by atomic mass is 32.2. The largest absolute Gasteiger partial charge is 0.349 e. The van der Waals surface area contributed by atoms with Crippen LogP contribution in [0.4, 0.5) is 0 Å². The fraction of sp³-hybridized carbons (Fsp3) is 0.591. The maximum absolute atomic E-state index is 12.5. The summed E-state index contributed by atoms with van der Waals surface area (Å²) in [6.07, 6.45) is 5.96. The minimum absolute atomic E-state index is 0.00419. The Morgan fingerprint density at radius 2 is 1.86 bits per heavy atom. The highest BCUT2D eigenvalue weighted by Gasteiger charge is 2.36. The molecule has 5 nitrogen and oxygen atoms in total. The van der Waals surface area contributed by atoms with Crippen LogP contribution >= 0.6 is 11.8 Å². The van der Waals surface area contributed by atoms with E-state index >= 15 is 0 Å². The average molecular weight is 399 g/mol. The van der Waals surface area contributed by atoms with Crippen LogP contribution in [0.15, 0.2) is 29.4 Å². The third-order valence-electron chi connectivity index (χ3n) is 5.38. The second kappa shape index (κ2) is 8.27. The summed E-state index contributed by atoms with van der Waals surface area (Å²) in [5.41, 5.74) is 2.49. The molecule has 2 aliphatic rings. The predicted octanol–water partition coefficient (Wildman–Crippen LogP) is 4.66. The third-order valence-corrected chi connectivity index (χ3v) is 6.32. The van der Waals surface area contributed by atoms with Crippen molar-refractivity contribution >= 4 is 17.7 Å². The monoisotopic (exact) mass is 398 g/mol. The van der Waals surface area contributed by atoms with Crippen LogP contribution in [-0.4, -0.2) is 26.4 Å². The number of nitrogens with one attached hydrogen (secondary N) is 1. The number of carbonyl (C=O) groups excluding carboxylic acids is 1. The summed E-state index contributed by atoms with van der Waals surface area (Å²) in [6, 6.07) is 9.15. The first-order valence-corrected chi connectivity index (χ1v) is 11.5. The molecule has 150 valence electrons. The highest BCUT2D eigenvalue weighted by Crippen LogP contribution is 2.45. The third kappa shape index (κ3) is 4.77. The molecule has 2 aromatic rings. The molecule has 0 spiro atoms. The van der Waals surface area contributed by atoms with Crippen LogP contribution in [0.2, 0.25) is 0 Å². The SMILES string of the molecule is CC(C)Cc1ccc([C@H](C)NC(=O)CSc2nnc(C3CC3)n2C2CC2)cc1. The number of thioether (sulfide) groups is 1. The fourth-order valence-electron chi connectivity index (χ4n) is 3.59. The van der Waals surface area contributed by atoms with Crippen LogP contribution in [0.5, 0.6) is 0 Å². The lowest BCUT2D eigenvalue weighted by atomic mass is 10.00. The van der Waals surface area contributed by atoms with Gasteiger partial charge in [-0.1, -0.05) is 49.9 Å². The Labute approximate surface area is 171 Å². The lowest BCUT2D eigenvalue weighted by molar-refractivity contribution is -0.119. The second-order valence-electron chi connectivity index (χ2n) is 8.63. The first-order valence-electron chi connectivity index (χ1n) is 10.5. The van der Waals surface area contributed by atoms with Crippen molar-refractivity contribution in [3.63, 3.8) is 0 Å². The number of aromatic nitrogens is 3. The van der Waals surface area contributed by atoms with E-state index in [4.69, 9.17) is 0 Å². The Hall–Kier alpha value is -1.82. The molecule has 2 fully saturated rings. The van der Waals surface area contributed by atoms with E-state index in [0.717, 1.165) is 23.0 Å². The zero-order chi connectivity index (χ0) is 19.7. The molecule has 1 aromatic heterocycles. The highest BCUT2D eigenvalue weighted by molar-refractivity contribution is 7.99. The van der Waals surface area contributed by atoms with Gasteiger partial charge in [-0.05, 0) is 56.1 Å². The molecule has 0 bridgehead atoms. The summed E-state index contributed by atoms with van der Waals surface area (Å²) in [5, 5.41) is 12.8. The second-order valence-corrected chi connectivity index (χ2v) is 9.58. The van der Waals surface area contributed by atoms with E-state index in [1.165, 1.54) is 43.0 Å². The Morgan fingerprint density at radius 1 is 1.14 bits per heavy atom. The molecule has 1 heterocycles. The van der Waals surface area contributed by atoms with Gasteiger partial charge in [0.25, 0.3) is 0 Å². The van der Waals surface area contributed by atoms with Crippen molar-refractivity contribution in [1.29, 1.82) is 0 Å². The van der Waals surface area contributed by atoms with E-state index in [2.05, 4.69) is 58.2 Å². The number of benzene rings is 1. The molecule has 2 aliphatic carbocycles. The van der Waals surface area contributed by atoms with Gasteiger partial charge in [-0.2, -0.15) is 0 Å². The first-order chi connectivity index (χ1) is 13.5. The van der Waals surface area contributed by atoms with E-state index in [1.54, 1.807) is 0 Å². The van der Waals surface area contributed by atoms with Gasteiger partial charge in [-0.3, -0.25) is 4.79 Å². The number of rotatable bonds is 9. The number of nitrogens with zero attached hydrogens (tertiary/aromatic N) is 3. The van der Waals surface area contributed by atoms with Crippen LogP contribution in [0, 0.1) is 5.92 Å². The summed E-state index contributed by atoms with van der Waals surface area (Å²) >= 11 is 1.51. The van der Waals surface area contributed by atoms with Crippen LogP contribution in [0.25, 0.3) is 0 Å². The summed E-state index contributed by atoms with van der Waals surface area (Å²) in [6.45, 7) is 6.50. The van der Waals surface area contributed by atoms with Gasteiger partial charge in [0.2, 0.25) is 5.91 Å². The van der Waals surface area contributed by atoms with Crippen LogP contribution < -0.4 is 5.32 Å². The van der Waals surface area contributed by atoms with Crippen molar-refractivity contribution < 1.29 is 4.79 Å². The molecule has 28 heavy (non-hydrogen) atoms. The van der Waals surface area contributed by atoms with Crippen molar-refractivity contribution in [1.82, 2.24) is 20.1 Å². The molecule has 4 rings (SSSR count). The number of carbonyl (C=O) groups is 1. The molecular weight excluding hydrogens is 368 g/mol. The predicted molar refractivity (Wildman–Crippen MR) is 113 cm³/mol. The molecule has 1 atom stereocenters. The molecule has 1 aromatic carbocycles. The summed E-state index contributed by atoms with van der Waals surface area (Å²) in [7, 11) is 0. The van der Waals surface area contributed by atoms with E-state index in [9.17, 15) is 4.79 Å². The van der Waals surface area contributed by atoms with Crippen LogP contribution in [0.3, 0.4) is 0 Å². The quantitative estimate of drug-likeness (QED) is 0.624. The van der Waals surface area contributed by atoms with E-state index in [1.807, 2.05) is 6.92 Å². The van der Waals surface area contributed by atoms with Gasteiger partial charge < -0.3 is 9.88 Å². The molecule has 0 unspecified atom stereocenters. The van der Waals surface area contributed by atoms with Gasteiger partial charge in [0.15, 0.2) is 5.16 Å². The topological polar surface area (TPSA) is 59.8 Å². The fourth-order valence-corrected chi connectivity index (χ4v) is 4.42. The Bertz CT molecular complexity index is 822. The van der Waals surface area contributed by atoms with Crippen molar-refractivity contribution in [2.75, 3.05) is 5.75 Å². The van der Waals surface area contributed by atoms with Gasteiger partial charge in [0.1, 0.15) is 5.82 Å². The van der Waals surface area contributed by atoms with Crippen molar-refractivity contribution in [3.8, 4) is 0 Å². The van der Waals surface area contributed by atoms with Gasteiger partial charge in [-0.25, -0.2) is 0 Å². The molecule has 1 N–H and O–H groups in total. The normalized spacial score (nSPS) is 17.7. The minimum Gasteiger partial charge on any atom is -0.349 e. The van der Waals surface area contributed by atoms with Gasteiger partial charge >= 0.3 is 0 Å². The Morgan fingerprint density at radius 3 is 2.46 bits per heavy atom. The number of hydrogen-bond acceptors (Lipinski definition) is 4. The van der Waals surface area contributed by atoms with Gasteiger partial charge in [-0.15, -0.1) is 10.2 Å². The standard InChI is InChI=1S/C22H30N4OS/c1-14(2)12-16-4-6-17(7-5-16)15(3)23-20(27)13-28-22-25-24-21(18-8-9-18)26(22)19-10-11-19/h4-7,14-15,18-19H,8-13H2,1-3H3,(H,23,27)/t15-/m0/s1. The van der Waals surface area contributed by atoms with Crippen molar-refractivity contribution in [2.24, 2.45) is 5.92 Å². The zero-order valence-electron chi connectivity index (χ0n) is 17.0. The molecule has 0 aliphatic heterocycles. The average Bonchev–Trinajstić information content (AvgIpc) is 3.58. The first kappa shape index (κ1) is 19.5. The number of hydrogen-bond donors (Lipinski definition) is 1. The minimum atomic E-state index is 0.00419. The molecular formula is C22H30N4OS. The Kier molecular flexibility index (Phi) is 5.76. The maximum atomic E-state index is 12.5. The summed E-state index contributed by atoms with van der Waals surface area (Å²) < 4.78 is 2.30. The lowest BCUT2D eigenvalue weighted by Gasteiger charge is -2.15. The molecule has 0 radical (unpaired) electrons. The zero-order valence-corrected chi connectivity index (χ0v) is 17.8. The molecule has 6 heteroatoms. The van der Waals surface area contributed by atoms with Crippen molar-refractivity contribution in [2.45, 2.75) is 76.0 Å². The molecule has 1 amide bonds. The van der Waals surface area contributed by atoms with E-state index in [-0.39, 0.29) is 11.9 Å². The smallest absolute Gasteiger partial charge is 0.230 e. The van der Waals surface area contributed by atoms with Gasteiger partial charge in [0, 0.05) is 12.0 Å². The van der Waals surface area contributed by atoms with Crippen LogP contribution in [-0.2, 0) is 11.2 Å². The number of amides is 1. The maximum Gasteiger partial charge on any atom is 0.230 e. The van der Waals surface area contributed by atoms with Gasteiger partial charge in [0.05, 0.1) is 11.8 Å². The van der Waals surface area contributed by atoms with Crippen molar-refractivity contribution in [3.05, 3.63) is 41.2 Å².